The minimum Gasteiger partial charge on any atom is -0.493 e. The molecule has 4 heteroatoms. The van der Waals surface area contributed by atoms with Crippen molar-refractivity contribution in [2.24, 2.45) is 0 Å². The SMILES string of the molecule is C=CCNCc1cc(Br)cc(OC)c1OCc1ccccc1. The highest BCUT2D eigenvalue weighted by molar-refractivity contribution is 9.10. The highest BCUT2D eigenvalue weighted by atomic mass is 79.9. The van der Waals surface area contributed by atoms with Crippen molar-refractivity contribution in [2.75, 3.05) is 13.7 Å². The molecular weight excluding hydrogens is 342 g/mol. The third-order valence-corrected chi connectivity index (χ3v) is 3.60. The summed E-state index contributed by atoms with van der Waals surface area (Å²) < 4.78 is 12.4. The van der Waals surface area contributed by atoms with Gasteiger partial charge in [0.05, 0.1) is 7.11 Å². The molecule has 0 unspecified atom stereocenters. The smallest absolute Gasteiger partial charge is 0.166 e. The van der Waals surface area contributed by atoms with E-state index in [4.69, 9.17) is 9.47 Å². The van der Waals surface area contributed by atoms with Crippen LogP contribution >= 0.6 is 15.9 Å². The molecule has 0 aromatic heterocycles. The van der Waals surface area contributed by atoms with Gasteiger partial charge in [-0.25, -0.2) is 0 Å². The molecule has 0 spiro atoms. The Morgan fingerprint density at radius 3 is 2.68 bits per heavy atom. The molecule has 0 heterocycles. The number of nitrogens with one attached hydrogen (secondary N) is 1. The lowest BCUT2D eigenvalue weighted by Crippen LogP contribution is -2.14. The molecule has 22 heavy (non-hydrogen) atoms. The van der Waals surface area contributed by atoms with Crippen LogP contribution in [0.2, 0.25) is 0 Å². The molecule has 2 aromatic rings. The predicted molar refractivity (Wildman–Crippen MR) is 93.4 cm³/mol. The molecule has 3 nitrogen and oxygen atoms in total. The monoisotopic (exact) mass is 361 g/mol. The Morgan fingerprint density at radius 1 is 1.23 bits per heavy atom. The standard InChI is InChI=1S/C18H20BrNO2/c1-3-9-20-12-15-10-16(19)11-17(21-2)18(15)22-13-14-7-5-4-6-8-14/h3-8,10-11,20H,1,9,12-13H2,2H3. The average molecular weight is 362 g/mol. The summed E-state index contributed by atoms with van der Waals surface area (Å²) in [5.74, 6) is 1.49. The molecule has 0 aliphatic heterocycles. The van der Waals surface area contributed by atoms with Crippen LogP contribution in [-0.4, -0.2) is 13.7 Å². The Morgan fingerprint density at radius 2 is 2.00 bits per heavy atom. The summed E-state index contributed by atoms with van der Waals surface area (Å²) >= 11 is 3.51. The van der Waals surface area contributed by atoms with Crippen LogP contribution in [-0.2, 0) is 13.2 Å². The highest BCUT2D eigenvalue weighted by Gasteiger charge is 2.12. The molecule has 0 radical (unpaired) electrons. The first kappa shape index (κ1) is 16.6. The summed E-state index contributed by atoms with van der Waals surface area (Å²) in [6.45, 7) is 5.65. The van der Waals surface area contributed by atoms with E-state index in [2.05, 4.69) is 27.8 Å². The van der Waals surface area contributed by atoms with Crippen LogP contribution in [0.1, 0.15) is 11.1 Å². The van der Waals surface area contributed by atoms with E-state index in [-0.39, 0.29) is 0 Å². The van der Waals surface area contributed by atoms with E-state index in [9.17, 15) is 0 Å². The van der Waals surface area contributed by atoms with E-state index in [1.54, 1.807) is 7.11 Å². The molecule has 2 aromatic carbocycles. The van der Waals surface area contributed by atoms with E-state index in [0.717, 1.165) is 33.6 Å². The van der Waals surface area contributed by atoms with Gasteiger partial charge in [0.2, 0.25) is 0 Å². The molecule has 0 aliphatic rings. The highest BCUT2D eigenvalue weighted by Crippen LogP contribution is 2.35. The second-order valence-corrected chi connectivity index (χ2v) is 5.71. The first-order chi connectivity index (χ1) is 10.7. The van der Waals surface area contributed by atoms with E-state index in [1.807, 2.05) is 48.5 Å². The van der Waals surface area contributed by atoms with Crippen molar-refractivity contribution in [2.45, 2.75) is 13.2 Å². The maximum absolute atomic E-state index is 6.02. The summed E-state index contributed by atoms with van der Waals surface area (Å²) in [4.78, 5) is 0. The van der Waals surface area contributed by atoms with Crippen molar-refractivity contribution < 1.29 is 9.47 Å². The van der Waals surface area contributed by atoms with Crippen molar-refractivity contribution in [1.29, 1.82) is 0 Å². The fraction of sp³-hybridized carbons (Fsp3) is 0.222. The Hall–Kier alpha value is -1.78. The average Bonchev–Trinajstić information content (AvgIpc) is 2.54. The minimum atomic E-state index is 0.507. The largest absolute Gasteiger partial charge is 0.493 e. The third kappa shape index (κ3) is 4.61. The van der Waals surface area contributed by atoms with Crippen LogP contribution in [0.4, 0.5) is 0 Å². The molecule has 1 N–H and O–H groups in total. The molecule has 0 saturated carbocycles. The van der Waals surface area contributed by atoms with Gasteiger partial charge < -0.3 is 14.8 Å². The number of hydrogen-bond donors (Lipinski definition) is 1. The van der Waals surface area contributed by atoms with Crippen molar-refractivity contribution in [3.05, 3.63) is 70.7 Å². The van der Waals surface area contributed by atoms with Gasteiger partial charge >= 0.3 is 0 Å². The number of hydrogen-bond acceptors (Lipinski definition) is 3. The Kier molecular flexibility index (Phi) is 6.49. The van der Waals surface area contributed by atoms with Crippen LogP contribution in [0.15, 0.2) is 59.6 Å². The quantitative estimate of drug-likeness (QED) is 0.561. The first-order valence-corrected chi connectivity index (χ1v) is 7.88. The fourth-order valence-corrected chi connectivity index (χ4v) is 2.59. The van der Waals surface area contributed by atoms with E-state index in [0.29, 0.717) is 13.2 Å². The van der Waals surface area contributed by atoms with Crippen LogP contribution in [0.5, 0.6) is 11.5 Å². The van der Waals surface area contributed by atoms with Crippen molar-refractivity contribution in [3.8, 4) is 11.5 Å². The number of methoxy groups -OCH3 is 1. The molecule has 2 rings (SSSR count). The summed E-state index contributed by atoms with van der Waals surface area (Å²) in [6, 6.07) is 14.0. The maximum Gasteiger partial charge on any atom is 0.166 e. The Labute approximate surface area is 140 Å². The minimum absolute atomic E-state index is 0.507. The molecule has 0 atom stereocenters. The summed E-state index contributed by atoms with van der Waals surface area (Å²) in [6.07, 6.45) is 1.83. The molecule has 0 fully saturated rings. The van der Waals surface area contributed by atoms with Gasteiger partial charge in [0.1, 0.15) is 6.61 Å². The van der Waals surface area contributed by atoms with Gasteiger partial charge in [-0.3, -0.25) is 0 Å². The van der Waals surface area contributed by atoms with Gasteiger partial charge in [0, 0.05) is 23.1 Å². The van der Waals surface area contributed by atoms with Gasteiger partial charge in [-0.15, -0.1) is 6.58 Å². The van der Waals surface area contributed by atoms with E-state index < -0.39 is 0 Å². The topological polar surface area (TPSA) is 30.5 Å². The van der Waals surface area contributed by atoms with Crippen LogP contribution in [0.3, 0.4) is 0 Å². The van der Waals surface area contributed by atoms with Crippen LogP contribution in [0, 0.1) is 0 Å². The lowest BCUT2D eigenvalue weighted by Gasteiger charge is -2.16. The lowest BCUT2D eigenvalue weighted by molar-refractivity contribution is 0.280. The second kappa shape index (κ2) is 8.61. The van der Waals surface area contributed by atoms with Crippen LogP contribution in [0.25, 0.3) is 0 Å². The van der Waals surface area contributed by atoms with Gasteiger partial charge in [-0.2, -0.15) is 0 Å². The van der Waals surface area contributed by atoms with Gasteiger partial charge in [-0.05, 0) is 17.7 Å². The molecule has 116 valence electrons. The first-order valence-electron chi connectivity index (χ1n) is 7.09. The molecular formula is C18H20BrNO2. The Bertz CT molecular complexity index is 614. The van der Waals surface area contributed by atoms with E-state index >= 15 is 0 Å². The number of rotatable bonds is 8. The zero-order chi connectivity index (χ0) is 15.8. The maximum atomic E-state index is 6.02. The van der Waals surface area contributed by atoms with Crippen LogP contribution < -0.4 is 14.8 Å². The second-order valence-electron chi connectivity index (χ2n) is 4.79. The molecule has 0 bridgehead atoms. The van der Waals surface area contributed by atoms with Crippen molar-refractivity contribution in [1.82, 2.24) is 5.32 Å². The zero-order valence-electron chi connectivity index (χ0n) is 12.6. The van der Waals surface area contributed by atoms with E-state index in [1.165, 1.54) is 0 Å². The molecule has 0 amide bonds. The third-order valence-electron chi connectivity index (χ3n) is 3.15. The molecule has 0 saturated heterocycles. The van der Waals surface area contributed by atoms with Gasteiger partial charge in [0.15, 0.2) is 11.5 Å². The van der Waals surface area contributed by atoms with Crippen molar-refractivity contribution >= 4 is 15.9 Å². The Balaban J connectivity index is 2.20. The van der Waals surface area contributed by atoms with Gasteiger partial charge in [0.25, 0.3) is 0 Å². The zero-order valence-corrected chi connectivity index (χ0v) is 14.2. The summed E-state index contributed by atoms with van der Waals surface area (Å²) in [5, 5.41) is 3.29. The number of ether oxygens (including phenoxy) is 2. The van der Waals surface area contributed by atoms with Gasteiger partial charge in [-0.1, -0.05) is 52.3 Å². The predicted octanol–water partition coefficient (Wildman–Crippen LogP) is 4.31. The fourth-order valence-electron chi connectivity index (χ4n) is 2.11. The number of benzene rings is 2. The summed E-state index contributed by atoms with van der Waals surface area (Å²) in [7, 11) is 1.65. The normalized spacial score (nSPS) is 10.3. The summed E-state index contributed by atoms with van der Waals surface area (Å²) in [5.41, 5.74) is 2.17. The lowest BCUT2D eigenvalue weighted by atomic mass is 10.1. The number of halogens is 1. The van der Waals surface area contributed by atoms with Crippen molar-refractivity contribution in [3.63, 3.8) is 0 Å². The molecule has 0 aliphatic carbocycles.